The molecule has 0 saturated heterocycles. The van der Waals surface area contributed by atoms with Crippen LogP contribution in [0.15, 0.2) is 6.20 Å². The molecule has 4 N–H and O–H groups in total. The van der Waals surface area contributed by atoms with Gasteiger partial charge in [-0.25, -0.2) is 4.98 Å². The third-order valence-corrected chi connectivity index (χ3v) is 4.35. The van der Waals surface area contributed by atoms with Gasteiger partial charge >= 0.3 is 0 Å². The van der Waals surface area contributed by atoms with E-state index in [1.54, 1.807) is 0 Å². The highest BCUT2D eigenvalue weighted by Crippen LogP contribution is 2.28. The molecule has 1 fully saturated rings. The van der Waals surface area contributed by atoms with Crippen LogP contribution in [-0.2, 0) is 0 Å². The summed E-state index contributed by atoms with van der Waals surface area (Å²) >= 11 is 1.21. The van der Waals surface area contributed by atoms with Crippen LogP contribution in [0.3, 0.4) is 0 Å². The van der Waals surface area contributed by atoms with Gasteiger partial charge in [0.15, 0.2) is 5.13 Å². The van der Waals surface area contributed by atoms with Crippen molar-refractivity contribution in [3.8, 4) is 0 Å². The standard InChI is InChI=1S/C12H19N3O2S/c13-12-15-6-10(18-12)11(17)14-5-8-1-3-9(7-16)4-2-8/h6,8-9,16H,1-5,7H2,(H2,13,15)(H,14,17). The molecule has 0 radical (unpaired) electrons. The molecule has 1 aliphatic carbocycles. The number of nitrogen functional groups attached to an aromatic ring is 1. The van der Waals surface area contributed by atoms with Gasteiger partial charge in [0, 0.05) is 13.2 Å². The zero-order valence-corrected chi connectivity index (χ0v) is 11.1. The average Bonchev–Trinajstić information content (AvgIpc) is 2.83. The van der Waals surface area contributed by atoms with E-state index in [0.717, 1.165) is 25.7 Å². The highest BCUT2D eigenvalue weighted by molar-refractivity contribution is 7.17. The van der Waals surface area contributed by atoms with Gasteiger partial charge in [-0.1, -0.05) is 11.3 Å². The number of carbonyl (C=O) groups excluding carboxylic acids is 1. The summed E-state index contributed by atoms with van der Waals surface area (Å²) in [6.45, 7) is 0.994. The van der Waals surface area contributed by atoms with E-state index in [0.29, 0.717) is 35.0 Å². The smallest absolute Gasteiger partial charge is 0.263 e. The number of carbonyl (C=O) groups is 1. The van der Waals surface area contributed by atoms with Gasteiger partial charge in [0.2, 0.25) is 0 Å². The topological polar surface area (TPSA) is 88.2 Å². The largest absolute Gasteiger partial charge is 0.396 e. The minimum atomic E-state index is -0.0894. The Morgan fingerprint density at radius 2 is 2.11 bits per heavy atom. The number of nitrogens with two attached hydrogens (primary N) is 1. The maximum atomic E-state index is 11.8. The Morgan fingerprint density at radius 1 is 1.44 bits per heavy atom. The molecule has 0 atom stereocenters. The lowest BCUT2D eigenvalue weighted by Crippen LogP contribution is -2.31. The number of thiazole rings is 1. The lowest BCUT2D eigenvalue weighted by atomic mass is 9.82. The van der Waals surface area contributed by atoms with Crippen molar-refractivity contribution in [1.29, 1.82) is 0 Å². The van der Waals surface area contributed by atoms with Crippen molar-refractivity contribution in [3.63, 3.8) is 0 Å². The molecular weight excluding hydrogens is 250 g/mol. The first kappa shape index (κ1) is 13.3. The van der Waals surface area contributed by atoms with Crippen molar-refractivity contribution in [2.75, 3.05) is 18.9 Å². The van der Waals surface area contributed by atoms with Crippen LogP contribution < -0.4 is 11.1 Å². The number of nitrogens with one attached hydrogen (secondary N) is 1. The van der Waals surface area contributed by atoms with Crippen LogP contribution in [-0.4, -0.2) is 29.1 Å². The molecule has 0 aromatic carbocycles. The molecule has 100 valence electrons. The van der Waals surface area contributed by atoms with Gasteiger partial charge < -0.3 is 16.2 Å². The van der Waals surface area contributed by atoms with E-state index in [1.165, 1.54) is 17.5 Å². The quantitative estimate of drug-likeness (QED) is 0.767. The van der Waals surface area contributed by atoms with E-state index in [2.05, 4.69) is 10.3 Å². The predicted molar refractivity (Wildman–Crippen MR) is 71.4 cm³/mol. The number of hydrogen-bond donors (Lipinski definition) is 3. The second-order valence-electron chi connectivity index (χ2n) is 4.84. The summed E-state index contributed by atoms with van der Waals surface area (Å²) in [7, 11) is 0. The molecule has 5 nitrogen and oxygen atoms in total. The first-order valence-corrected chi connectivity index (χ1v) is 7.11. The zero-order chi connectivity index (χ0) is 13.0. The summed E-state index contributed by atoms with van der Waals surface area (Å²) in [5.74, 6) is 0.897. The maximum absolute atomic E-state index is 11.8. The predicted octanol–water partition coefficient (Wildman–Crippen LogP) is 1.25. The second-order valence-corrected chi connectivity index (χ2v) is 5.90. The first-order chi connectivity index (χ1) is 8.69. The number of nitrogens with zero attached hydrogens (tertiary/aromatic N) is 1. The van der Waals surface area contributed by atoms with Crippen LogP contribution in [0.5, 0.6) is 0 Å². The Balaban J connectivity index is 1.74. The molecule has 1 aromatic rings. The van der Waals surface area contributed by atoms with Crippen molar-refractivity contribution in [3.05, 3.63) is 11.1 Å². The summed E-state index contributed by atoms with van der Waals surface area (Å²) in [5, 5.41) is 12.4. The molecule has 0 unspecified atom stereocenters. The maximum Gasteiger partial charge on any atom is 0.263 e. The van der Waals surface area contributed by atoms with Gasteiger partial charge in [0.25, 0.3) is 5.91 Å². The molecule has 1 amide bonds. The molecule has 0 bridgehead atoms. The Labute approximate surface area is 110 Å². The number of rotatable bonds is 4. The third kappa shape index (κ3) is 3.43. The first-order valence-electron chi connectivity index (χ1n) is 6.29. The Bertz CT molecular complexity index is 400. The van der Waals surface area contributed by atoms with E-state index < -0.39 is 0 Å². The minimum absolute atomic E-state index is 0.0894. The van der Waals surface area contributed by atoms with Gasteiger partial charge in [0.05, 0.1) is 6.20 Å². The van der Waals surface area contributed by atoms with Crippen molar-refractivity contribution >= 4 is 22.4 Å². The fourth-order valence-electron chi connectivity index (χ4n) is 2.33. The highest BCUT2D eigenvalue weighted by atomic mass is 32.1. The molecule has 0 spiro atoms. The van der Waals surface area contributed by atoms with Crippen LogP contribution in [0.2, 0.25) is 0 Å². The van der Waals surface area contributed by atoms with Gasteiger partial charge in [-0.05, 0) is 37.5 Å². The average molecular weight is 269 g/mol. The van der Waals surface area contributed by atoms with Crippen LogP contribution in [0.1, 0.15) is 35.4 Å². The second kappa shape index (κ2) is 6.15. The van der Waals surface area contributed by atoms with Crippen molar-refractivity contribution < 1.29 is 9.90 Å². The minimum Gasteiger partial charge on any atom is -0.396 e. The van der Waals surface area contributed by atoms with E-state index in [1.807, 2.05) is 0 Å². The molecular formula is C12H19N3O2S. The third-order valence-electron chi connectivity index (χ3n) is 3.52. The number of amides is 1. The fraction of sp³-hybridized carbons (Fsp3) is 0.667. The summed E-state index contributed by atoms with van der Waals surface area (Å²) in [5.41, 5.74) is 5.49. The SMILES string of the molecule is Nc1ncc(C(=O)NCC2CCC(CO)CC2)s1. The summed E-state index contributed by atoms with van der Waals surface area (Å²) in [4.78, 5) is 16.2. The Hall–Kier alpha value is -1.14. The molecule has 18 heavy (non-hydrogen) atoms. The van der Waals surface area contributed by atoms with Crippen LogP contribution in [0.25, 0.3) is 0 Å². The van der Waals surface area contributed by atoms with E-state index >= 15 is 0 Å². The van der Waals surface area contributed by atoms with Crippen LogP contribution in [0.4, 0.5) is 5.13 Å². The highest BCUT2D eigenvalue weighted by Gasteiger charge is 2.21. The monoisotopic (exact) mass is 269 g/mol. The fourth-order valence-corrected chi connectivity index (χ4v) is 2.94. The van der Waals surface area contributed by atoms with Crippen molar-refractivity contribution in [2.24, 2.45) is 11.8 Å². The molecule has 1 saturated carbocycles. The van der Waals surface area contributed by atoms with E-state index in [4.69, 9.17) is 10.8 Å². The summed E-state index contributed by atoms with van der Waals surface area (Å²) in [6.07, 6.45) is 5.79. The molecule has 0 aliphatic heterocycles. The summed E-state index contributed by atoms with van der Waals surface area (Å²) < 4.78 is 0. The van der Waals surface area contributed by atoms with Gasteiger partial charge in [-0.3, -0.25) is 4.79 Å². The normalized spacial score (nSPS) is 23.8. The molecule has 2 rings (SSSR count). The number of aliphatic hydroxyl groups is 1. The Kier molecular flexibility index (Phi) is 4.54. The molecule has 1 aromatic heterocycles. The Morgan fingerprint density at radius 3 is 2.67 bits per heavy atom. The van der Waals surface area contributed by atoms with Gasteiger partial charge in [-0.2, -0.15) is 0 Å². The zero-order valence-electron chi connectivity index (χ0n) is 10.3. The van der Waals surface area contributed by atoms with E-state index in [9.17, 15) is 4.79 Å². The van der Waals surface area contributed by atoms with Gasteiger partial charge in [0.1, 0.15) is 4.88 Å². The number of aromatic nitrogens is 1. The number of anilines is 1. The number of hydrogen-bond acceptors (Lipinski definition) is 5. The molecule has 6 heteroatoms. The lowest BCUT2D eigenvalue weighted by molar-refractivity contribution is 0.0940. The van der Waals surface area contributed by atoms with Crippen molar-refractivity contribution in [1.82, 2.24) is 10.3 Å². The van der Waals surface area contributed by atoms with Crippen LogP contribution in [0, 0.1) is 11.8 Å². The molecule has 1 aliphatic rings. The summed E-state index contributed by atoms with van der Waals surface area (Å²) in [6, 6.07) is 0. The molecule has 1 heterocycles. The number of aliphatic hydroxyl groups excluding tert-OH is 1. The van der Waals surface area contributed by atoms with Crippen LogP contribution >= 0.6 is 11.3 Å². The van der Waals surface area contributed by atoms with Crippen molar-refractivity contribution in [2.45, 2.75) is 25.7 Å². The van der Waals surface area contributed by atoms with Gasteiger partial charge in [-0.15, -0.1) is 0 Å². The lowest BCUT2D eigenvalue weighted by Gasteiger charge is -2.27. The van der Waals surface area contributed by atoms with E-state index in [-0.39, 0.29) is 5.91 Å².